The van der Waals surface area contributed by atoms with Crippen LogP contribution in [-0.4, -0.2) is 12.1 Å². The van der Waals surface area contributed by atoms with Crippen molar-refractivity contribution < 1.29 is 9.18 Å². The van der Waals surface area contributed by atoms with Crippen LogP contribution in [0.4, 0.5) is 14.9 Å². The second-order valence-corrected chi connectivity index (χ2v) is 3.81. The average Bonchev–Trinajstić information content (AvgIpc) is 2.10. The average molecular weight is 231 g/mol. The summed E-state index contributed by atoms with van der Waals surface area (Å²) in [6.45, 7) is 3.63. The van der Waals surface area contributed by atoms with Gasteiger partial charge in [-0.3, -0.25) is 0 Å². The summed E-state index contributed by atoms with van der Waals surface area (Å²) >= 11 is 5.67. The highest BCUT2D eigenvalue weighted by molar-refractivity contribution is 6.30. The molecule has 0 spiro atoms. The molecule has 2 amide bonds. The number of carbonyl (C=O) groups is 1. The summed E-state index contributed by atoms with van der Waals surface area (Å²) in [6, 6.07) is 3.52. The molecule has 0 aliphatic heterocycles. The molecule has 2 N–H and O–H groups in total. The number of amides is 2. The van der Waals surface area contributed by atoms with Gasteiger partial charge in [-0.2, -0.15) is 0 Å². The summed E-state index contributed by atoms with van der Waals surface area (Å²) in [7, 11) is 0. The van der Waals surface area contributed by atoms with Crippen molar-refractivity contribution >= 4 is 23.3 Å². The maximum absolute atomic E-state index is 13.2. The second-order valence-electron chi connectivity index (χ2n) is 3.38. The Morgan fingerprint density at radius 3 is 2.73 bits per heavy atom. The number of carbonyl (C=O) groups excluding carboxylic acids is 1. The van der Waals surface area contributed by atoms with Crippen molar-refractivity contribution in [2.75, 3.05) is 5.32 Å². The molecule has 1 rings (SSSR count). The molecule has 0 atom stereocenters. The van der Waals surface area contributed by atoms with Gasteiger partial charge in [0.05, 0.1) is 5.69 Å². The predicted octanol–water partition coefficient (Wildman–Crippen LogP) is 3.01. The molecule has 0 heterocycles. The zero-order chi connectivity index (χ0) is 11.4. The topological polar surface area (TPSA) is 41.1 Å². The quantitative estimate of drug-likeness (QED) is 0.806. The molecule has 15 heavy (non-hydrogen) atoms. The first-order valence-electron chi connectivity index (χ1n) is 4.51. The molecule has 0 aromatic heterocycles. The lowest BCUT2D eigenvalue weighted by atomic mass is 10.3. The third-order valence-corrected chi connectivity index (χ3v) is 1.83. The Morgan fingerprint density at radius 1 is 1.47 bits per heavy atom. The van der Waals surface area contributed by atoms with Gasteiger partial charge in [-0.15, -0.1) is 0 Å². The van der Waals surface area contributed by atoms with Crippen molar-refractivity contribution in [2.24, 2.45) is 0 Å². The van der Waals surface area contributed by atoms with Crippen molar-refractivity contribution in [3.05, 3.63) is 29.0 Å². The van der Waals surface area contributed by atoms with Crippen LogP contribution in [0.5, 0.6) is 0 Å². The van der Waals surface area contributed by atoms with Gasteiger partial charge in [0.15, 0.2) is 0 Å². The van der Waals surface area contributed by atoms with E-state index in [-0.39, 0.29) is 11.7 Å². The van der Waals surface area contributed by atoms with Crippen LogP contribution < -0.4 is 10.6 Å². The fourth-order valence-electron chi connectivity index (χ4n) is 1.01. The first kappa shape index (κ1) is 11.8. The lowest BCUT2D eigenvalue weighted by molar-refractivity contribution is 0.250. The lowest BCUT2D eigenvalue weighted by Gasteiger charge is -2.10. The van der Waals surface area contributed by atoms with Crippen molar-refractivity contribution in [1.29, 1.82) is 0 Å². The molecule has 0 aliphatic rings. The van der Waals surface area contributed by atoms with E-state index in [9.17, 15) is 9.18 Å². The van der Waals surface area contributed by atoms with Gasteiger partial charge in [-0.05, 0) is 32.0 Å². The van der Waals surface area contributed by atoms with Crippen LogP contribution in [0.15, 0.2) is 18.2 Å². The first-order valence-corrected chi connectivity index (χ1v) is 4.89. The Labute approximate surface area is 92.6 Å². The third-order valence-electron chi connectivity index (χ3n) is 1.60. The largest absolute Gasteiger partial charge is 0.336 e. The van der Waals surface area contributed by atoms with Crippen molar-refractivity contribution in [2.45, 2.75) is 19.9 Å². The molecule has 0 radical (unpaired) electrons. The summed E-state index contributed by atoms with van der Waals surface area (Å²) in [4.78, 5) is 11.3. The van der Waals surface area contributed by atoms with E-state index < -0.39 is 11.8 Å². The molecule has 3 nitrogen and oxygen atoms in total. The molecule has 0 saturated heterocycles. The number of nitrogens with one attached hydrogen (secondary N) is 2. The van der Waals surface area contributed by atoms with Gasteiger partial charge < -0.3 is 10.6 Å². The van der Waals surface area contributed by atoms with Gasteiger partial charge in [-0.25, -0.2) is 9.18 Å². The summed E-state index contributed by atoms with van der Waals surface area (Å²) in [5.74, 6) is -0.515. The Hall–Kier alpha value is -1.29. The normalized spacial score (nSPS) is 10.2. The minimum absolute atomic E-state index is 0.00718. The van der Waals surface area contributed by atoms with Gasteiger partial charge in [0, 0.05) is 11.1 Å². The van der Waals surface area contributed by atoms with Crippen LogP contribution >= 0.6 is 11.6 Å². The highest BCUT2D eigenvalue weighted by Gasteiger charge is 2.07. The van der Waals surface area contributed by atoms with E-state index in [4.69, 9.17) is 11.6 Å². The van der Waals surface area contributed by atoms with E-state index >= 15 is 0 Å². The Balaban J connectivity index is 2.71. The molecular weight excluding hydrogens is 219 g/mol. The molecule has 1 aromatic carbocycles. The monoisotopic (exact) mass is 230 g/mol. The summed E-state index contributed by atoms with van der Waals surface area (Å²) in [5.41, 5.74) is 0.0700. The molecule has 1 aromatic rings. The SMILES string of the molecule is CC(C)NC(=O)Nc1cc(Cl)ccc1F. The number of anilines is 1. The Morgan fingerprint density at radius 2 is 2.13 bits per heavy atom. The Kier molecular flexibility index (Phi) is 3.91. The fraction of sp³-hybridized carbons (Fsp3) is 0.300. The second kappa shape index (κ2) is 4.98. The zero-order valence-electron chi connectivity index (χ0n) is 8.47. The number of hydrogen-bond acceptors (Lipinski definition) is 1. The molecule has 0 fully saturated rings. The van der Waals surface area contributed by atoms with E-state index in [0.29, 0.717) is 5.02 Å². The summed E-state index contributed by atoms with van der Waals surface area (Å²) in [5, 5.41) is 5.32. The first-order chi connectivity index (χ1) is 6.99. The molecular formula is C10H12ClFN2O. The molecule has 0 bridgehead atoms. The molecule has 5 heteroatoms. The molecule has 0 aliphatic carbocycles. The smallest absolute Gasteiger partial charge is 0.319 e. The zero-order valence-corrected chi connectivity index (χ0v) is 9.23. The predicted molar refractivity (Wildman–Crippen MR) is 58.7 cm³/mol. The maximum Gasteiger partial charge on any atom is 0.319 e. The third kappa shape index (κ3) is 3.75. The van der Waals surface area contributed by atoms with Crippen LogP contribution in [0, 0.1) is 5.82 Å². The van der Waals surface area contributed by atoms with Crippen LogP contribution in [0.1, 0.15) is 13.8 Å². The van der Waals surface area contributed by atoms with Crippen molar-refractivity contribution in [3.63, 3.8) is 0 Å². The van der Waals surface area contributed by atoms with E-state index in [0.717, 1.165) is 0 Å². The van der Waals surface area contributed by atoms with Crippen molar-refractivity contribution in [1.82, 2.24) is 5.32 Å². The number of urea groups is 1. The van der Waals surface area contributed by atoms with Crippen LogP contribution in [0.2, 0.25) is 5.02 Å². The van der Waals surface area contributed by atoms with Crippen molar-refractivity contribution in [3.8, 4) is 0 Å². The molecule has 82 valence electrons. The number of rotatable bonds is 2. The fourth-order valence-corrected chi connectivity index (χ4v) is 1.19. The lowest BCUT2D eigenvalue weighted by Crippen LogP contribution is -2.34. The van der Waals surface area contributed by atoms with Gasteiger partial charge >= 0.3 is 6.03 Å². The number of benzene rings is 1. The number of hydrogen-bond donors (Lipinski definition) is 2. The Bertz CT molecular complexity index is 368. The van der Waals surface area contributed by atoms with Gasteiger partial charge in [0.1, 0.15) is 5.82 Å². The molecule has 0 saturated carbocycles. The van der Waals surface area contributed by atoms with Gasteiger partial charge in [0.25, 0.3) is 0 Å². The molecule has 0 unspecified atom stereocenters. The minimum Gasteiger partial charge on any atom is -0.336 e. The summed E-state index contributed by atoms with van der Waals surface area (Å²) < 4.78 is 13.2. The highest BCUT2D eigenvalue weighted by Crippen LogP contribution is 2.19. The van der Waals surface area contributed by atoms with Gasteiger partial charge in [0.2, 0.25) is 0 Å². The van der Waals surface area contributed by atoms with Gasteiger partial charge in [-0.1, -0.05) is 11.6 Å². The van der Waals surface area contributed by atoms with E-state index in [1.165, 1.54) is 18.2 Å². The minimum atomic E-state index is -0.515. The van der Waals surface area contributed by atoms with E-state index in [1.807, 2.05) is 13.8 Å². The highest BCUT2D eigenvalue weighted by atomic mass is 35.5. The van der Waals surface area contributed by atoms with Crippen LogP contribution in [-0.2, 0) is 0 Å². The van der Waals surface area contributed by atoms with E-state index in [2.05, 4.69) is 10.6 Å². The standard InChI is InChI=1S/C10H12ClFN2O/c1-6(2)13-10(15)14-9-5-7(11)3-4-8(9)12/h3-6H,1-2H3,(H2,13,14,15). The van der Waals surface area contributed by atoms with Crippen LogP contribution in [0.25, 0.3) is 0 Å². The van der Waals surface area contributed by atoms with Crippen LogP contribution in [0.3, 0.4) is 0 Å². The maximum atomic E-state index is 13.2. The van der Waals surface area contributed by atoms with E-state index in [1.54, 1.807) is 0 Å². The number of halogens is 2. The summed E-state index contributed by atoms with van der Waals surface area (Å²) in [6.07, 6.45) is 0.